The summed E-state index contributed by atoms with van der Waals surface area (Å²) >= 11 is 4.82. The molecule has 0 saturated carbocycles. The standard InChI is InChI=1S/C13H14BrFN2O3S/c14-10-5-8(15)1-2-11(10)16-13(20)17-3-4-21-7-9(17)6-12(18)19/h1-2,5,9H,3-4,6-7H2,(H,16,20)(H,18,19). The Morgan fingerprint density at radius 2 is 2.29 bits per heavy atom. The maximum atomic E-state index is 13.0. The van der Waals surface area contributed by atoms with Crippen LogP contribution in [0.4, 0.5) is 14.9 Å². The summed E-state index contributed by atoms with van der Waals surface area (Å²) < 4.78 is 13.5. The topological polar surface area (TPSA) is 69.6 Å². The number of rotatable bonds is 3. The van der Waals surface area contributed by atoms with E-state index >= 15 is 0 Å². The highest BCUT2D eigenvalue weighted by molar-refractivity contribution is 9.10. The molecule has 1 saturated heterocycles. The lowest BCUT2D eigenvalue weighted by Crippen LogP contribution is -2.48. The van der Waals surface area contributed by atoms with E-state index in [1.54, 1.807) is 11.8 Å². The average Bonchev–Trinajstić information content (AvgIpc) is 2.42. The third-order valence-corrected chi connectivity index (χ3v) is 4.82. The zero-order valence-electron chi connectivity index (χ0n) is 11.0. The van der Waals surface area contributed by atoms with Gasteiger partial charge in [-0.25, -0.2) is 9.18 Å². The van der Waals surface area contributed by atoms with Crippen molar-refractivity contribution in [3.63, 3.8) is 0 Å². The van der Waals surface area contributed by atoms with Crippen LogP contribution in [0.5, 0.6) is 0 Å². The fraction of sp³-hybridized carbons (Fsp3) is 0.385. The molecule has 1 aromatic carbocycles. The molecule has 2 rings (SSSR count). The maximum Gasteiger partial charge on any atom is 0.322 e. The lowest BCUT2D eigenvalue weighted by atomic mass is 10.2. The first-order valence-corrected chi connectivity index (χ1v) is 8.24. The molecule has 5 nitrogen and oxygen atoms in total. The highest BCUT2D eigenvalue weighted by Gasteiger charge is 2.29. The molecule has 114 valence electrons. The molecule has 0 spiro atoms. The second-order valence-corrected chi connectivity index (χ2v) is 6.58. The Morgan fingerprint density at radius 3 is 2.95 bits per heavy atom. The number of carboxylic acids is 1. The van der Waals surface area contributed by atoms with Crippen LogP contribution in [0.25, 0.3) is 0 Å². The van der Waals surface area contributed by atoms with Crippen molar-refractivity contribution < 1.29 is 19.1 Å². The monoisotopic (exact) mass is 376 g/mol. The van der Waals surface area contributed by atoms with Crippen LogP contribution in [0.2, 0.25) is 0 Å². The molecule has 1 atom stereocenters. The minimum absolute atomic E-state index is 0.0784. The van der Waals surface area contributed by atoms with Gasteiger partial charge in [0.05, 0.1) is 18.2 Å². The zero-order valence-corrected chi connectivity index (χ0v) is 13.4. The van der Waals surface area contributed by atoms with E-state index in [0.29, 0.717) is 22.5 Å². The van der Waals surface area contributed by atoms with Crippen molar-refractivity contribution in [2.45, 2.75) is 12.5 Å². The summed E-state index contributed by atoms with van der Waals surface area (Å²) in [4.78, 5) is 24.7. The summed E-state index contributed by atoms with van der Waals surface area (Å²) in [5.74, 6) is 0.0413. The van der Waals surface area contributed by atoms with E-state index in [-0.39, 0.29) is 18.5 Å². The molecule has 0 bridgehead atoms. The smallest absolute Gasteiger partial charge is 0.322 e. The third-order valence-electron chi connectivity index (χ3n) is 3.07. The van der Waals surface area contributed by atoms with E-state index in [0.717, 1.165) is 5.75 Å². The van der Waals surface area contributed by atoms with Crippen molar-refractivity contribution >= 4 is 45.4 Å². The Kier molecular flexibility index (Phi) is 5.46. The molecule has 21 heavy (non-hydrogen) atoms. The van der Waals surface area contributed by atoms with Gasteiger partial charge in [0.25, 0.3) is 0 Å². The average molecular weight is 377 g/mol. The number of urea groups is 1. The van der Waals surface area contributed by atoms with Gasteiger partial charge in [0.15, 0.2) is 0 Å². The molecule has 1 aliphatic rings. The molecule has 0 aliphatic carbocycles. The zero-order chi connectivity index (χ0) is 15.4. The second kappa shape index (κ2) is 7.13. The molecule has 1 aliphatic heterocycles. The number of halogens is 2. The van der Waals surface area contributed by atoms with Crippen LogP contribution in [0.15, 0.2) is 22.7 Å². The van der Waals surface area contributed by atoms with Gasteiger partial charge < -0.3 is 15.3 Å². The number of hydrogen-bond donors (Lipinski definition) is 2. The first-order chi connectivity index (χ1) is 9.97. The fourth-order valence-electron chi connectivity index (χ4n) is 2.07. The van der Waals surface area contributed by atoms with E-state index in [1.165, 1.54) is 23.1 Å². The number of nitrogens with zero attached hydrogens (tertiary/aromatic N) is 1. The summed E-state index contributed by atoms with van der Waals surface area (Å²) in [5, 5.41) is 11.6. The number of aliphatic carboxylic acids is 1. The van der Waals surface area contributed by atoms with Crippen molar-refractivity contribution in [2.75, 3.05) is 23.4 Å². The van der Waals surface area contributed by atoms with Crippen LogP contribution < -0.4 is 5.32 Å². The number of carbonyl (C=O) groups is 2. The molecule has 1 unspecified atom stereocenters. The molecule has 2 N–H and O–H groups in total. The Labute approximate surface area is 134 Å². The number of carboxylic acid groups (broad SMARTS) is 1. The second-order valence-electron chi connectivity index (χ2n) is 4.57. The van der Waals surface area contributed by atoms with Gasteiger partial charge in [0, 0.05) is 22.5 Å². The Hall–Kier alpha value is -1.28. The summed E-state index contributed by atoms with van der Waals surface area (Å²) in [5.41, 5.74) is 0.453. The largest absolute Gasteiger partial charge is 0.481 e. The summed E-state index contributed by atoms with van der Waals surface area (Å²) in [6.07, 6.45) is -0.0784. The number of benzene rings is 1. The predicted molar refractivity (Wildman–Crippen MR) is 83.2 cm³/mol. The van der Waals surface area contributed by atoms with E-state index in [1.807, 2.05) is 0 Å². The number of nitrogens with one attached hydrogen (secondary N) is 1. The Morgan fingerprint density at radius 1 is 1.52 bits per heavy atom. The molecule has 2 amide bonds. The first kappa shape index (κ1) is 16.1. The highest BCUT2D eigenvalue weighted by Crippen LogP contribution is 2.25. The number of thioether (sulfide) groups is 1. The minimum Gasteiger partial charge on any atom is -0.481 e. The van der Waals surface area contributed by atoms with E-state index in [9.17, 15) is 14.0 Å². The minimum atomic E-state index is -0.928. The van der Waals surface area contributed by atoms with Gasteiger partial charge in [0.2, 0.25) is 0 Å². The van der Waals surface area contributed by atoms with Crippen LogP contribution >= 0.6 is 27.7 Å². The fourth-order valence-corrected chi connectivity index (χ4v) is 3.58. The lowest BCUT2D eigenvalue weighted by Gasteiger charge is -2.34. The van der Waals surface area contributed by atoms with Crippen molar-refractivity contribution in [1.29, 1.82) is 0 Å². The lowest BCUT2D eigenvalue weighted by molar-refractivity contribution is -0.137. The molecular formula is C13H14BrFN2O3S. The highest BCUT2D eigenvalue weighted by atomic mass is 79.9. The molecule has 1 aromatic rings. The normalized spacial score (nSPS) is 18.4. The molecule has 8 heteroatoms. The van der Waals surface area contributed by atoms with Crippen molar-refractivity contribution in [2.24, 2.45) is 0 Å². The van der Waals surface area contributed by atoms with Crippen LogP contribution in [-0.4, -0.2) is 46.1 Å². The summed E-state index contributed by atoms with van der Waals surface area (Å²) in [6, 6.07) is 3.27. The third kappa shape index (κ3) is 4.34. The Balaban J connectivity index is 2.08. The predicted octanol–water partition coefficient (Wildman–Crippen LogP) is 3.01. The number of anilines is 1. The van der Waals surface area contributed by atoms with Gasteiger partial charge in [0.1, 0.15) is 5.82 Å². The van der Waals surface area contributed by atoms with Crippen LogP contribution in [-0.2, 0) is 4.79 Å². The number of amides is 2. The van der Waals surface area contributed by atoms with E-state index in [2.05, 4.69) is 21.2 Å². The van der Waals surface area contributed by atoms with Crippen molar-refractivity contribution in [3.8, 4) is 0 Å². The molecule has 0 radical (unpaired) electrons. The quantitative estimate of drug-likeness (QED) is 0.850. The SMILES string of the molecule is O=C(O)CC1CSCCN1C(=O)Nc1ccc(F)cc1Br. The van der Waals surface area contributed by atoms with Gasteiger partial charge >= 0.3 is 12.0 Å². The van der Waals surface area contributed by atoms with Crippen LogP contribution in [0.3, 0.4) is 0 Å². The number of carbonyl (C=O) groups excluding carboxylic acids is 1. The van der Waals surface area contributed by atoms with Gasteiger partial charge in [-0.2, -0.15) is 11.8 Å². The van der Waals surface area contributed by atoms with Crippen LogP contribution in [0, 0.1) is 5.82 Å². The molecule has 1 heterocycles. The Bertz CT molecular complexity index is 558. The van der Waals surface area contributed by atoms with Crippen LogP contribution in [0.1, 0.15) is 6.42 Å². The van der Waals surface area contributed by atoms with Gasteiger partial charge in [-0.05, 0) is 34.1 Å². The summed E-state index contributed by atoms with van der Waals surface area (Å²) in [6.45, 7) is 0.493. The van der Waals surface area contributed by atoms with E-state index < -0.39 is 11.8 Å². The van der Waals surface area contributed by atoms with Crippen molar-refractivity contribution in [3.05, 3.63) is 28.5 Å². The van der Waals surface area contributed by atoms with Gasteiger partial charge in [-0.15, -0.1) is 0 Å². The summed E-state index contributed by atoms with van der Waals surface area (Å²) in [7, 11) is 0. The molecular weight excluding hydrogens is 363 g/mol. The molecule has 1 fully saturated rings. The first-order valence-electron chi connectivity index (χ1n) is 6.29. The molecule has 0 aromatic heterocycles. The van der Waals surface area contributed by atoms with Gasteiger partial charge in [-0.3, -0.25) is 4.79 Å². The van der Waals surface area contributed by atoms with E-state index in [4.69, 9.17) is 5.11 Å². The number of hydrogen-bond acceptors (Lipinski definition) is 3. The maximum absolute atomic E-state index is 13.0. The van der Waals surface area contributed by atoms with Gasteiger partial charge in [-0.1, -0.05) is 0 Å². The van der Waals surface area contributed by atoms with Crippen molar-refractivity contribution in [1.82, 2.24) is 4.90 Å².